The van der Waals surface area contributed by atoms with Crippen LogP contribution in [0.2, 0.25) is 0 Å². The van der Waals surface area contributed by atoms with Gasteiger partial charge in [-0.1, -0.05) is 29.8 Å². The fourth-order valence-electron chi connectivity index (χ4n) is 3.19. The molecular weight excluding hydrogens is 254 g/mol. The Morgan fingerprint density at radius 2 is 2.00 bits per heavy atom. The van der Waals surface area contributed by atoms with Crippen molar-refractivity contribution < 1.29 is 5.11 Å². The molecule has 1 aromatic carbocycles. The molecule has 0 amide bonds. The first-order chi connectivity index (χ1) is 9.17. The molecule has 3 unspecified atom stereocenters. The van der Waals surface area contributed by atoms with Crippen LogP contribution in [0.1, 0.15) is 23.5 Å². The number of hydrogen-bond acceptors (Lipinski definition) is 3. The van der Waals surface area contributed by atoms with E-state index in [-0.39, 0.29) is 0 Å². The van der Waals surface area contributed by atoms with Crippen molar-refractivity contribution >= 4 is 11.8 Å². The van der Waals surface area contributed by atoms with E-state index in [9.17, 15) is 5.11 Å². The zero-order valence-corrected chi connectivity index (χ0v) is 12.4. The number of aliphatic hydroxyl groups excluding tert-OH is 1. The third-order valence-electron chi connectivity index (χ3n) is 4.21. The second-order valence-electron chi connectivity index (χ2n) is 5.75. The monoisotopic (exact) mass is 275 g/mol. The highest BCUT2D eigenvalue weighted by Crippen LogP contribution is 2.50. The Balaban J connectivity index is 1.89. The predicted octanol–water partition coefficient (Wildman–Crippen LogP) is 2.98. The van der Waals surface area contributed by atoms with Gasteiger partial charge in [-0.3, -0.25) is 0 Å². The number of hydrogen-bond donors (Lipinski definition) is 1. The maximum absolute atomic E-state index is 9.41. The third-order valence-corrected chi connectivity index (χ3v) is 5.57. The van der Waals surface area contributed by atoms with Gasteiger partial charge in [-0.05, 0) is 18.9 Å². The van der Waals surface area contributed by atoms with Gasteiger partial charge in [-0.15, -0.1) is 11.8 Å². The number of rotatable bonds is 2. The van der Waals surface area contributed by atoms with Crippen molar-refractivity contribution in [3.05, 3.63) is 46.5 Å². The highest BCUT2D eigenvalue weighted by molar-refractivity contribution is 8.04. The van der Waals surface area contributed by atoms with Crippen LogP contribution in [-0.4, -0.2) is 35.5 Å². The molecule has 3 heteroatoms. The van der Waals surface area contributed by atoms with E-state index in [0.29, 0.717) is 23.7 Å². The first kappa shape index (κ1) is 13.1. The highest BCUT2D eigenvalue weighted by atomic mass is 32.2. The summed E-state index contributed by atoms with van der Waals surface area (Å²) in [4.78, 5) is 3.75. The first-order valence-corrected chi connectivity index (χ1v) is 7.81. The van der Waals surface area contributed by atoms with Crippen LogP contribution in [0.3, 0.4) is 0 Å². The Hall–Kier alpha value is -0.930. The number of thioether (sulfide) groups is 1. The fraction of sp³-hybridized carbons (Fsp3) is 0.500. The second kappa shape index (κ2) is 5.22. The normalized spacial score (nSPS) is 30.2. The minimum Gasteiger partial charge on any atom is -0.395 e. The summed E-state index contributed by atoms with van der Waals surface area (Å²) < 4.78 is 0. The van der Waals surface area contributed by atoms with E-state index in [2.05, 4.69) is 49.3 Å². The molecule has 1 aromatic rings. The van der Waals surface area contributed by atoms with E-state index < -0.39 is 0 Å². The average molecular weight is 275 g/mol. The van der Waals surface area contributed by atoms with Crippen molar-refractivity contribution in [3.8, 4) is 0 Å². The average Bonchev–Trinajstić information content (AvgIpc) is 2.81. The van der Waals surface area contributed by atoms with Crippen LogP contribution in [0, 0.1) is 12.8 Å². The van der Waals surface area contributed by atoms with E-state index >= 15 is 0 Å². The molecule has 0 aliphatic carbocycles. The summed E-state index contributed by atoms with van der Waals surface area (Å²) in [7, 11) is 2.15. The summed E-state index contributed by atoms with van der Waals surface area (Å²) >= 11 is 1.87. The van der Waals surface area contributed by atoms with Gasteiger partial charge < -0.3 is 10.0 Å². The van der Waals surface area contributed by atoms with Gasteiger partial charge in [0.15, 0.2) is 0 Å². The zero-order chi connectivity index (χ0) is 13.4. The van der Waals surface area contributed by atoms with Crippen LogP contribution in [0.25, 0.3) is 0 Å². The molecule has 102 valence electrons. The van der Waals surface area contributed by atoms with Crippen molar-refractivity contribution in [1.29, 1.82) is 0 Å². The molecule has 1 N–H and O–H groups in total. The summed E-state index contributed by atoms with van der Waals surface area (Å²) in [6.07, 6.45) is 3.38. The summed E-state index contributed by atoms with van der Waals surface area (Å²) in [6, 6.07) is 8.96. The van der Waals surface area contributed by atoms with Gasteiger partial charge in [-0.2, -0.15) is 0 Å². The van der Waals surface area contributed by atoms with Crippen molar-refractivity contribution in [3.63, 3.8) is 0 Å². The molecule has 2 nitrogen and oxygen atoms in total. The number of allylic oxidation sites excluding steroid dienone is 1. The van der Waals surface area contributed by atoms with Crippen LogP contribution in [-0.2, 0) is 0 Å². The molecule has 0 aromatic heterocycles. The quantitative estimate of drug-likeness (QED) is 0.897. The molecular formula is C16H21NOS. The first-order valence-electron chi connectivity index (χ1n) is 6.93. The van der Waals surface area contributed by atoms with Gasteiger partial charge in [0.1, 0.15) is 0 Å². The summed E-state index contributed by atoms with van der Waals surface area (Å²) in [5, 5.41) is 9.80. The van der Waals surface area contributed by atoms with E-state index in [1.807, 2.05) is 11.8 Å². The lowest BCUT2D eigenvalue weighted by molar-refractivity contribution is 0.271. The molecule has 1 fully saturated rings. The highest BCUT2D eigenvalue weighted by Gasteiger charge is 2.38. The van der Waals surface area contributed by atoms with Crippen molar-refractivity contribution in [2.45, 2.75) is 24.5 Å². The molecule has 1 saturated heterocycles. The van der Waals surface area contributed by atoms with Crippen LogP contribution < -0.4 is 0 Å². The van der Waals surface area contributed by atoms with Crippen molar-refractivity contribution in [1.82, 2.24) is 4.90 Å². The van der Waals surface area contributed by atoms with Crippen LogP contribution in [0.5, 0.6) is 0 Å². The Morgan fingerprint density at radius 1 is 1.26 bits per heavy atom. The largest absolute Gasteiger partial charge is 0.395 e. The molecule has 0 spiro atoms. The number of likely N-dealkylation sites (N-methyl/N-ethyl adjacent to an activating group) is 1. The SMILES string of the molecule is Cc1ccc(C2CN(C)C=C3SC(CO)CC32)cc1. The number of aliphatic hydroxyl groups is 1. The molecule has 3 rings (SSSR count). The molecule has 0 bridgehead atoms. The number of nitrogens with zero attached hydrogens (tertiary/aromatic N) is 1. The van der Waals surface area contributed by atoms with Gasteiger partial charge in [0.05, 0.1) is 6.61 Å². The van der Waals surface area contributed by atoms with E-state index in [4.69, 9.17) is 0 Å². The van der Waals surface area contributed by atoms with E-state index in [0.717, 1.165) is 13.0 Å². The fourth-order valence-corrected chi connectivity index (χ4v) is 4.63. The van der Waals surface area contributed by atoms with E-state index in [1.165, 1.54) is 16.0 Å². The predicted molar refractivity (Wildman–Crippen MR) is 81.2 cm³/mol. The van der Waals surface area contributed by atoms with Gasteiger partial charge >= 0.3 is 0 Å². The molecule has 2 aliphatic rings. The van der Waals surface area contributed by atoms with Crippen LogP contribution in [0.4, 0.5) is 0 Å². The topological polar surface area (TPSA) is 23.5 Å². The Bertz CT molecular complexity index is 482. The smallest absolute Gasteiger partial charge is 0.0553 e. The number of fused-ring (bicyclic) bond motifs is 1. The summed E-state index contributed by atoms with van der Waals surface area (Å²) in [6.45, 7) is 3.51. The minimum absolute atomic E-state index is 0.294. The van der Waals surface area contributed by atoms with Gasteiger partial charge in [0.25, 0.3) is 0 Å². The Morgan fingerprint density at radius 3 is 2.68 bits per heavy atom. The molecule has 3 atom stereocenters. The van der Waals surface area contributed by atoms with Gasteiger partial charge in [0, 0.05) is 41.8 Å². The molecule has 19 heavy (non-hydrogen) atoms. The van der Waals surface area contributed by atoms with Gasteiger partial charge in [-0.25, -0.2) is 0 Å². The standard InChI is InChI=1S/C16H21NOS/c1-11-3-5-12(6-4-11)15-8-17(2)9-16-14(15)7-13(10-18)19-16/h3-6,9,13-15,18H,7-8,10H2,1-2H3. The lowest BCUT2D eigenvalue weighted by Crippen LogP contribution is -2.30. The van der Waals surface area contributed by atoms with Crippen molar-refractivity contribution in [2.75, 3.05) is 20.2 Å². The summed E-state index contributed by atoms with van der Waals surface area (Å²) in [5.74, 6) is 1.16. The molecule has 2 aliphatic heterocycles. The second-order valence-corrected chi connectivity index (χ2v) is 7.13. The maximum atomic E-state index is 9.41. The Labute approximate surface area is 119 Å². The molecule has 2 heterocycles. The van der Waals surface area contributed by atoms with Gasteiger partial charge in [0.2, 0.25) is 0 Å². The van der Waals surface area contributed by atoms with Crippen LogP contribution >= 0.6 is 11.8 Å². The maximum Gasteiger partial charge on any atom is 0.0553 e. The lowest BCUT2D eigenvalue weighted by atomic mass is 9.81. The summed E-state index contributed by atoms with van der Waals surface area (Å²) in [5.41, 5.74) is 2.75. The minimum atomic E-state index is 0.294. The zero-order valence-electron chi connectivity index (χ0n) is 11.5. The Kier molecular flexibility index (Phi) is 3.59. The number of benzene rings is 1. The molecule has 0 radical (unpaired) electrons. The third kappa shape index (κ3) is 2.54. The lowest BCUT2D eigenvalue weighted by Gasteiger charge is -2.34. The van der Waals surface area contributed by atoms with E-state index in [1.54, 1.807) is 0 Å². The van der Waals surface area contributed by atoms with Crippen LogP contribution in [0.15, 0.2) is 35.4 Å². The molecule has 0 saturated carbocycles. The number of aryl methyl sites for hydroxylation is 1. The van der Waals surface area contributed by atoms with Crippen molar-refractivity contribution in [2.24, 2.45) is 5.92 Å².